The van der Waals surface area contributed by atoms with E-state index in [9.17, 15) is 4.79 Å². The van der Waals surface area contributed by atoms with Gasteiger partial charge in [-0.25, -0.2) is 0 Å². The second-order valence-corrected chi connectivity index (χ2v) is 4.79. The maximum absolute atomic E-state index is 11.9. The highest BCUT2D eigenvalue weighted by atomic mass is 16.2. The van der Waals surface area contributed by atoms with Crippen molar-refractivity contribution in [3.05, 3.63) is 0 Å². The second kappa shape index (κ2) is 7.66. The van der Waals surface area contributed by atoms with Crippen molar-refractivity contribution in [1.29, 1.82) is 0 Å². The normalized spacial score (nSPS) is 11.6. The van der Waals surface area contributed by atoms with Crippen molar-refractivity contribution >= 4 is 5.91 Å². The summed E-state index contributed by atoms with van der Waals surface area (Å²) in [5.41, 5.74) is 0. The highest BCUT2D eigenvalue weighted by molar-refractivity contribution is 5.78. The molecule has 0 bridgehead atoms. The number of amides is 1. The first-order chi connectivity index (χ1) is 7.43. The molecule has 0 aliphatic rings. The molecule has 0 radical (unpaired) electrons. The number of likely N-dealkylation sites (N-methyl/N-ethyl adjacent to an activating group) is 2. The molecule has 0 heterocycles. The fourth-order valence-electron chi connectivity index (χ4n) is 1.82. The van der Waals surface area contributed by atoms with Crippen LogP contribution in [0.2, 0.25) is 0 Å². The van der Waals surface area contributed by atoms with Crippen molar-refractivity contribution in [1.82, 2.24) is 9.80 Å². The Labute approximate surface area is 101 Å². The molecule has 3 heteroatoms. The maximum Gasteiger partial charge on any atom is 0.225 e. The second-order valence-electron chi connectivity index (χ2n) is 4.79. The van der Waals surface area contributed by atoms with Crippen molar-refractivity contribution in [2.45, 2.75) is 47.6 Å². The van der Waals surface area contributed by atoms with Gasteiger partial charge in [0.2, 0.25) is 5.91 Å². The van der Waals surface area contributed by atoms with Crippen LogP contribution in [0.5, 0.6) is 0 Å². The molecule has 0 spiro atoms. The smallest absolute Gasteiger partial charge is 0.225 e. The predicted octanol–water partition coefficient (Wildman–Crippen LogP) is 2.22. The summed E-state index contributed by atoms with van der Waals surface area (Å²) in [5.74, 6) is 0.372. The van der Waals surface area contributed by atoms with Crippen molar-refractivity contribution < 1.29 is 4.79 Å². The van der Waals surface area contributed by atoms with Crippen molar-refractivity contribution in [2.75, 3.05) is 26.2 Å². The van der Waals surface area contributed by atoms with Gasteiger partial charge in [0.05, 0.1) is 0 Å². The highest BCUT2D eigenvalue weighted by Crippen LogP contribution is 2.03. The molecule has 0 N–H and O–H groups in total. The van der Waals surface area contributed by atoms with Crippen LogP contribution in [0.15, 0.2) is 0 Å². The van der Waals surface area contributed by atoms with Gasteiger partial charge >= 0.3 is 0 Å². The molecule has 0 unspecified atom stereocenters. The minimum atomic E-state index is 0.106. The Bertz CT molecular complexity index is 202. The molecular formula is C13H28N2O. The van der Waals surface area contributed by atoms with Crippen LogP contribution in [0, 0.1) is 5.92 Å². The monoisotopic (exact) mass is 228 g/mol. The average molecular weight is 228 g/mol. The minimum absolute atomic E-state index is 0.106. The lowest BCUT2D eigenvalue weighted by molar-refractivity contribution is -0.134. The number of carbonyl (C=O) groups excluding carboxylic acids is 1. The van der Waals surface area contributed by atoms with Gasteiger partial charge in [-0.05, 0) is 27.3 Å². The topological polar surface area (TPSA) is 23.6 Å². The van der Waals surface area contributed by atoms with Crippen LogP contribution < -0.4 is 0 Å². The Kier molecular flexibility index (Phi) is 7.39. The van der Waals surface area contributed by atoms with Crippen LogP contribution in [0.25, 0.3) is 0 Å². The van der Waals surface area contributed by atoms with Gasteiger partial charge in [0, 0.05) is 31.6 Å². The Morgan fingerprint density at radius 3 is 1.88 bits per heavy atom. The first kappa shape index (κ1) is 15.4. The molecule has 1 amide bonds. The first-order valence-corrected chi connectivity index (χ1v) is 6.46. The Hall–Kier alpha value is -0.570. The van der Waals surface area contributed by atoms with Crippen LogP contribution in [-0.4, -0.2) is 47.9 Å². The molecular weight excluding hydrogens is 200 g/mol. The molecule has 0 aromatic heterocycles. The van der Waals surface area contributed by atoms with Gasteiger partial charge in [-0.15, -0.1) is 0 Å². The summed E-state index contributed by atoms with van der Waals surface area (Å²) in [7, 11) is 0. The van der Waals surface area contributed by atoms with E-state index in [2.05, 4.69) is 25.7 Å². The molecule has 16 heavy (non-hydrogen) atoms. The highest BCUT2D eigenvalue weighted by Gasteiger charge is 2.16. The molecule has 0 atom stereocenters. The largest absolute Gasteiger partial charge is 0.341 e. The van der Waals surface area contributed by atoms with Crippen LogP contribution in [-0.2, 0) is 4.79 Å². The summed E-state index contributed by atoms with van der Waals surface area (Å²) in [6, 6.07) is 0.554. The molecule has 0 aliphatic carbocycles. The van der Waals surface area contributed by atoms with Crippen LogP contribution in [0.1, 0.15) is 41.5 Å². The zero-order chi connectivity index (χ0) is 12.7. The van der Waals surface area contributed by atoms with Gasteiger partial charge in [-0.1, -0.05) is 20.8 Å². The maximum atomic E-state index is 11.9. The van der Waals surface area contributed by atoms with Gasteiger partial charge < -0.3 is 4.90 Å². The molecule has 0 aromatic carbocycles. The Morgan fingerprint density at radius 2 is 1.56 bits per heavy atom. The third-order valence-electron chi connectivity index (χ3n) is 2.98. The van der Waals surface area contributed by atoms with Crippen molar-refractivity contribution in [3.63, 3.8) is 0 Å². The van der Waals surface area contributed by atoms with Crippen molar-refractivity contribution in [2.24, 2.45) is 5.92 Å². The lowest BCUT2D eigenvalue weighted by Gasteiger charge is -2.29. The molecule has 0 rings (SSSR count). The molecule has 0 aromatic rings. The number of rotatable bonds is 7. The SMILES string of the molecule is CCN(CCN(CC)C(C)C)C(=O)C(C)C. The summed E-state index contributed by atoms with van der Waals surface area (Å²) in [6.45, 7) is 16.2. The molecule has 0 saturated heterocycles. The first-order valence-electron chi connectivity index (χ1n) is 6.46. The van der Waals surface area contributed by atoms with E-state index in [-0.39, 0.29) is 11.8 Å². The lowest BCUT2D eigenvalue weighted by Crippen LogP contribution is -2.42. The molecule has 0 saturated carbocycles. The molecule has 0 aliphatic heterocycles. The van der Waals surface area contributed by atoms with E-state index in [1.807, 2.05) is 25.7 Å². The summed E-state index contributed by atoms with van der Waals surface area (Å²) in [6.07, 6.45) is 0. The van der Waals surface area contributed by atoms with Crippen molar-refractivity contribution in [3.8, 4) is 0 Å². The number of carbonyl (C=O) groups is 1. The fourth-order valence-corrected chi connectivity index (χ4v) is 1.82. The number of hydrogen-bond acceptors (Lipinski definition) is 2. The Morgan fingerprint density at radius 1 is 1.00 bits per heavy atom. The van der Waals surface area contributed by atoms with Gasteiger partial charge in [0.1, 0.15) is 0 Å². The van der Waals surface area contributed by atoms with Gasteiger partial charge in [-0.2, -0.15) is 0 Å². The Balaban J connectivity index is 4.18. The molecule has 3 nitrogen and oxygen atoms in total. The zero-order valence-electron chi connectivity index (χ0n) is 11.8. The molecule has 96 valence electrons. The fraction of sp³-hybridized carbons (Fsp3) is 0.923. The summed E-state index contributed by atoms with van der Waals surface area (Å²) in [4.78, 5) is 16.2. The molecule has 0 fully saturated rings. The van der Waals surface area contributed by atoms with Crippen LogP contribution in [0.3, 0.4) is 0 Å². The summed E-state index contributed by atoms with van der Waals surface area (Å²) < 4.78 is 0. The van der Waals surface area contributed by atoms with Gasteiger partial charge in [0.25, 0.3) is 0 Å². The van der Waals surface area contributed by atoms with Gasteiger partial charge in [0.15, 0.2) is 0 Å². The third-order valence-corrected chi connectivity index (χ3v) is 2.98. The van der Waals surface area contributed by atoms with E-state index in [1.54, 1.807) is 0 Å². The summed E-state index contributed by atoms with van der Waals surface area (Å²) in [5, 5.41) is 0. The van der Waals surface area contributed by atoms with E-state index in [0.29, 0.717) is 6.04 Å². The number of nitrogens with zero attached hydrogens (tertiary/aromatic N) is 2. The third kappa shape index (κ3) is 4.97. The van der Waals surface area contributed by atoms with E-state index >= 15 is 0 Å². The predicted molar refractivity (Wildman–Crippen MR) is 69.5 cm³/mol. The van der Waals surface area contributed by atoms with E-state index in [1.165, 1.54) is 0 Å². The standard InChI is InChI=1S/C13H28N2O/c1-7-14(12(5)6)9-10-15(8-2)13(16)11(3)4/h11-12H,7-10H2,1-6H3. The van der Waals surface area contributed by atoms with Gasteiger partial charge in [-0.3, -0.25) is 9.69 Å². The average Bonchev–Trinajstić information content (AvgIpc) is 2.23. The van der Waals surface area contributed by atoms with E-state index < -0.39 is 0 Å². The lowest BCUT2D eigenvalue weighted by atomic mass is 10.2. The minimum Gasteiger partial charge on any atom is -0.341 e. The van der Waals surface area contributed by atoms with Crippen LogP contribution >= 0.6 is 0 Å². The zero-order valence-corrected chi connectivity index (χ0v) is 11.8. The van der Waals surface area contributed by atoms with Crippen LogP contribution in [0.4, 0.5) is 0 Å². The quantitative estimate of drug-likeness (QED) is 0.667. The van der Waals surface area contributed by atoms with E-state index in [4.69, 9.17) is 0 Å². The summed E-state index contributed by atoms with van der Waals surface area (Å²) >= 11 is 0. The van der Waals surface area contributed by atoms with E-state index in [0.717, 1.165) is 26.2 Å². The number of hydrogen-bond donors (Lipinski definition) is 0.